The van der Waals surface area contributed by atoms with Gasteiger partial charge in [-0.25, -0.2) is 0 Å². The molecule has 0 saturated carbocycles. The summed E-state index contributed by atoms with van der Waals surface area (Å²) in [5.74, 6) is 0.469. The van der Waals surface area contributed by atoms with E-state index >= 15 is 0 Å². The van der Waals surface area contributed by atoms with Gasteiger partial charge in [-0.15, -0.1) is 0 Å². The highest BCUT2D eigenvalue weighted by Gasteiger charge is 2.08. The molecule has 0 atom stereocenters. The zero-order chi connectivity index (χ0) is 19.5. The van der Waals surface area contributed by atoms with Gasteiger partial charge in [0, 0.05) is 19.3 Å². The van der Waals surface area contributed by atoms with Crippen LogP contribution in [0.5, 0.6) is 0 Å². The van der Waals surface area contributed by atoms with E-state index in [9.17, 15) is 4.79 Å². The average Bonchev–Trinajstić information content (AvgIpc) is 2.57. The molecule has 0 aromatic rings. The largest absolute Gasteiger partial charge is 1.00 e. The number of quaternary nitrogens is 1. The Morgan fingerprint density at radius 2 is 1.11 bits per heavy atom. The van der Waals surface area contributed by atoms with E-state index < -0.39 is 0 Å². The summed E-state index contributed by atoms with van der Waals surface area (Å²) < 4.78 is 0.959. The Labute approximate surface area is 177 Å². The molecule has 0 fully saturated rings. The van der Waals surface area contributed by atoms with Crippen LogP contribution in [0.1, 0.15) is 110 Å². The van der Waals surface area contributed by atoms with Gasteiger partial charge >= 0.3 is 0 Å². The van der Waals surface area contributed by atoms with Crippen LogP contribution in [0.15, 0.2) is 12.2 Å². The number of carbonyl (C=O) groups is 1. The van der Waals surface area contributed by atoms with Crippen LogP contribution in [0.3, 0.4) is 0 Å². The van der Waals surface area contributed by atoms with Gasteiger partial charge in [0.25, 0.3) is 0 Å². The molecule has 0 heterocycles. The molecule has 0 aliphatic rings. The second-order valence-corrected chi connectivity index (χ2v) is 8.99. The van der Waals surface area contributed by atoms with Crippen molar-refractivity contribution in [2.45, 2.75) is 110 Å². The highest BCUT2D eigenvalue weighted by Crippen LogP contribution is 2.11. The predicted molar refractivity (Wildman–Crippen MR) is 117 cm³/mol. The maximum absolute atomic E-state index is 11.8. The van der Waals surface area contributed by atoms with E-state index in [0.29, 0.717) is 5.78 Å². The topological polar surface area (TPSA) is 17.1 Å². The van der Waals surface area contributed by atoms with Crippen LogP contribution in [0, 0.1) is 0 Å². The van der Waals surface area contributed by atoms with Gasteiger partial charge in [0.2, 0.25) is 0 Å². The molecule has 0 aromatic heterocycles. The first kappa shape index (κ1) is 28.9. The number of halogens is 1. The van der Waals surface area contributed by atoms with Crippen LogP contribution in [0.25, 0.3) is 0 Å². The first-order chi connectivity index (χ1) is 12.5. The number of hydrogen-bond acceptors (Lipinski definition) is 1. The van der Waals surface area contributed by atoms with E-state index in [1.807, 2.05) is 0 Å². The molecule has 0 aromatic carbocycles. The van der Waals surface area contributed by atoms with Gasteiger partial charge in [-0.3, -0.25) is 4.79 Å². The minimum absolute atomic E-state index is 0. The van der Waals surface area contributed by atoms with Crippen molar-refractivity contribution in [2.24, 2.45) is 0 Å². The molecule has 27 heavy (non-hydrogen) atoms. The third-order valence-electron chi connectivity index (χ3n) is 5.00. The van der Waals surface area contributed by atoms with Gasteiger partial charge in [0.15, 0.2) is 0 Å². The Hall–Kier alpha value is -0.340. The molecule has 0 saturated heterocycles. The van der Waals surface area contributed by atoms with E-state index in [2.05, 4.69) is 40.2 Å². The summed E-state index contributed by atoms with van der Waals surface area (Å²) in [5, 5.41) is 0. The van der Waals surface area contributed by atoms with Gasteiger partial charge in [-0.05, 0) is 32.1 Å². The third-order valence-corrected chi connectivity index (χ3v) is 5.00. The number of hydrogen-bond donors (Lipinski definition) is 0. The average molecular weight is 402 g/mol. The number of ketones is 1. The van der Waals surface area contributed by atoms with Crippen molar-refractivity contribution >= 4 is 5.78 Å². The summed E-state index contributed by atoms with van der Waals surface area (Å²) in [6.07, 6.45) is 24.5. The molecule has 3 heteroatoms. The lowest BCUT2D eigenvalue weighted by molar-refractivity contribution is -0.870. The van der Waals surface area contributed by atoms with E-state index in [-0.39, 0.29) is 12.4 Å². The summed E-state index contributed by atoms with van der Waals surface area (Å²) in [6.45, 7) is 3.37. The van der Waals surface area contributed by atoms with Crippen molar-refractivity contribution in [3.05, 3.63) is 12.2 Å². The number of Topliss-reactive ketones (excluding diaryl/α,β-unsaturated/α-hetero) is 1. The van der Waals surface area contributed by atoms with E-state index in [0.717, 1.165) is 36.7 Å². The normalized spacial score (nSPS) is 11.7. The van der Waals surface area contributed by atoms with Crippen LogP contribution in [-0.2, 0) is 4.79 Å². The second kappa shape index (κ2) is 20.4. The van der Waals surface area contributed by atoms with Crippen LogP contribution in [0.2, 0.25) is 0 Å². The molecular formula is C24H48ClNO. The zero-order valence-electron chi connectivity index (χ0n) is 18.9. The quantitative estimate of drug-likeness (QED) is 0.181. The lowest BCUT2D eigenvalue weighted by atomic mass is 10.0. The van der Waals surface area contributed by atoms with Gasteiger partial charge in [-0.1, -0.05) is 70.4 Å². The Morgan fingerprint density at radius 1 is 0.667 bits per heavy atom. The molecule has 0 radical (unpaired) electrons. The highest BCUT2D eigenvalue weighted by molar-refractivity contribution is 5.78. The van der Waals surface area contributed by atoms with Crippen LogP contribution in [-0.4, -0.2) is 38.0 Å². The van der Waals surface area contributed by atoms with Crippen LogP contribution in [0.4, 0.5) is 0 Å². The molecular weight excluding hydrogens is 354 g/mol. The van der Waals surface area contributed by atoms with E-state index in [4.69, 9.17) is 0 Å². The summed E-state index contributed by atoms with van der Waals surface area (Å²) in [6, 6.07) is 0. The van der Waals surface area contributed by atoms with Crippen molar-refractivity contribution in [3.8, 4) is 0 Å². The first-order valence-corrected chi connectivity index (χ1v) is 11.4. The highest BCUT2D eigenvalue weighted by atomic mass is 35.5. The zero-order valence-corrected chi connectivity index (χ0v) is 19.7. The molecule has 0 N–H and O–H groups in total. The fraction of sp³-hybridized carbons (Fsp3) is 0.875. The van der Waals surface area contributed by atoms with E-state index in [1.165, 1.54) is 77.0 Å². The molecule has 0 amide bonds. The van der Waals surface area contributed by atoms with Gasteiger partial charge in [-0.2, -0.15) is 0 Å². The summed E-state index contributed by atoms with van der Waals surface area (Å²) in [4.78, 5) is 11.8. The van der Waals surface area contributed by atoms with E-state index in [1.54, 1.807) is 0 Å². The Morgan fingerprint density at radius 3 is 1.63 bits per heavy atom. The second-order valence-electron chi connectivity index (χ2n) is 8.99. The summed E-state index contributed by atoms with van der Waals surface area (Å²) in [5.41, 5.74) is 0. The van der Waals surface area contributed by atoms with Gasteiger partial charge in [0.05, 0.1) is 27.7 Å². The number of unbranched alkanes of at least 4 members (excludes halogenated alkanes) is 11. The van der Waals surface area contributed by atoms with Crippen LogP contribution < -0.4 is 12.4 Å². The SMILES string of the molecule is CCCCCCCC/C=C\CCCCCCCC(=O)CCC[N+](C)(C)C.[Cl-]. The minimum Gasteiger partial charge on any atom is -1.00 e. The molecule has 0 unspecified atom stereocenters. The lowest BCUT2D eigenvalue weighted by Gasteiger charge is -2.23. The third kappa shape index (κ3) is 25.7. The fourth-order valence-corrected chi connectivity index (χ4v) is 3.27. The number of rotatable bonds is 19. The first-order valence-electron chi connectivity index (χ1n) is 11.4. The van der Waals surface area contributed by atoms with Gasteiger partial charge < -0.3 is 16.9 Å². The Bertz CT molecular complexity index is 347. The maximum Gasteiger partial charge on any atom is 0.133 e. The van der Waals surface area contributed by atoms with Crippen molar-refractivity contribution in [2.75, 3.05) is 27.7 Å². The molecule has 0 bridgehead atoms. The number of allylic oxidation sites excluding steroid dienone is 2. The maximum atomic E-state index is 11.8. The summed E-state index contributed by atoms with van der Waals surface area (Å²) in [7, 11) is 6.57. The molecule has 0 rings (SSSR count). The van der Waals surface area contributed by atoms with Crippen LogP contribution >= 0.6 is 0 Å². The van der Waals surface area contributed by atoms with Crippen molar-refractivity contribution in [3.63, 3.8) is 0 Å². The lowest BCUT2D eigenvalue weighted by Crippen LogP contribution is -3.00. The number of nitrogens with zero attached hydrogens (tertiary/aromatic N) is 1. The summed E-state index contributed by atoms with van der Waals surface area (Å²) >= 11 is 0. The minimum atomic E-state index is 0. The molecule has 0 aliphatic heterocycles. The van der Waals surface area contributed by atoms with Gasteiger partial charge in [0.1, 0.15) is 5.78 Å². The van der Waals surface area contributed by atoms with Crippen molar-refractivity contribution in [1.29, 1.82) is 0 Å². The monoisotopic (exact) mass is 401 g/mol. The standard InChI is InChI=1S/C24H48NO.ClH/c1-5-6-7-8-9-10-11-12-13-14-15-16-17-18-19-21-24(26)22-20-23-25(2,3)4;/h12-13H,5-11,14-23H2,1-4H3;1H/q+1;/p-1/b13-12-;. The molecule has 162 valence electrons. The number of carbonyl (C=O) groups excluding carboxylic acids is 1. The fourth-order valence-electron chi connectivity index (χ4n) is 3.27. The van der Waals surface area contributed by atoms with Crippen molar-refractivity contribution < 1.29 is 21.7 Å². The smallest absolute Gasteiger partial charge is 0.133 e. The molecule has 2 nitrogen and oxygen atoms in total. The van der Waals surface area contributed by atoms with Crippen molar-refractivity contribution in [1.82, 2.24) is 0 Å². The predicted octanol–water partition coefficient (Wildman–Crippen LogP) is 4.08. The molecule has 0 aliphatic carbocycles. The Balaban J connectivity index is 0. The molecule has 0 spiro atoms. The Kier molecular flexibility index (Phi) is 21.8.